The second-order valence-electron chi connectivity index (χ2n) is 5.88. The summed E-state index contributed by atoms with van der Waals surface area (Å²) in [6, 6.07) is 14.6. The van der Waals surface area contributed by atoms with Crippen LogP contribution in [0.4, 0.5) is 5.69 Å². The van der Waals surface area contributed by atoms with E-state index in [1.54, 1.807) is 0 Å². The molecule has 2 N–H and O–H groups in total. The van der Waals surface area contributed by atoms with Gasteiger partial charge in [-0.25, -0.2) is 4.98 Å². The monoisotopic (exact) mass is 293 g/mol. The first-order valence-electron chi connectivity index (χ1n) is 8.02. The molecule has 0 saturated heterocycles. The minimum absolute atomic E-state index is 0.751. The smallest absolute Gasteiger partial charge is 0.141 e. The Hall–Kier alpha value is -2.29. The molecule has 0 spiro atoms. The SMILES string of the molecule is CCCCCn1c(-c2cccc(C)c2)nc2c(N)cccc21. The second-order valence-corrected chi connectivity index (χ2v) is 5.88. The molecule has 3 rings (SSSR count). The fourth-order valence-electron chi connectivity index (χ4n) is 2.92. The summed E-state index contributed by atoms with van der Waals surface area (Å²) >= 11 is 0. The van der Waals surface area contributed by atoms with Crippen molar-refractivity contribution in [2.75, 3.05) is 5.73 Å². The number of hydrogen-bond acceptors (Lipinski definition) is 2. The molecule has 0 radical (unpaired) electrons. The van der Waals surface area contributed by atoms with Crippen LogP contribution in [0.5, 0.6) is 0 Å². The summed E-state index contributed by atoms with van der Waals surface area (Å²) < 4.78 is 2.32. The van der Waals surface area contributed by atoms with E-state index in [0.717, 1.165) is 41.1 Å². The molecule has 0 aliphatic rings. The number of anilines is 1. The number of nitrogens with zero attached hydrogens (tertiary/aromatic N) is 2. The molecule has 0 unspecified atom stereocenters. The fraction of sp³-hybridized carbons (Fsp3) is 0.316. The standard InChI is InChI=1S/C19H23N3/c1-3-4-5-12-22-17-11-7-10-16(20)18(17)21-19(22)15-9-6-8-14(2)13-15/h6-11,13H,3-5,12,20H2,1-2H3. The Morgan fingerprint density at radius 3 is 2.68 bits per heavy atom. The first-order valence-corrected chi connectivity index (χ1v) is 8.02. The summed E-state index contributed by atoms with van der Waals surface area (Å²) in [5.41, 5.74) is 11.3. The van der Waals surface area contributed by atoms with E-state index in [-0.39, 0.29) is 0 Å². The number of aryl methyl sites for hydroxylation is 2. The van der Waals surface area contributed by atoms with Gasteiger partial charge in [-0.2, -0.15) is 0 Å². The molecule has 0 aliphatic carbocycles. The first-order chi connectivity index (χ1) is 10.7. The highest BCUT2D eigenvalue weighted by Gasteiger charge is 2.14. The predicted molar refractivity (Wildman–Crippen MR) is 93.8 cm³/mol. The van der Waals surface area contributed by atoms with E-state index in [1.807, 2.05) is 12.1 Å². The molecule has 0 amide bonds. The zero-order chi connectivity index (χ0) is 15.5. The Kier molecular flexibility index (Phi) is 4.14. The molecule has 0 aliphatic heterocycles. The Balaban J connectivity index is 2.15. The van der Waals surface area contributed by atoms with E-state index in [2.05, 4.69) is 48.7 Å². The Morgan fingerprint density at radius 1 is 1.09 bits per heavy atom. The van der Waals surface area contributed by atoms with Gasteiger partial charge in [-0.1, -0.05) is 49.6 Å². The van der Waals surface area contributed by atoms with E-state index in [1.165, 1.54) is 18.4 Å². The number of unbranched alkanes of at least 4 members (excludes halogenated alkanes) is 2. The van der Waals surface area contributed by atoms with Crippen molar-refractivity contribution in [1.82, 2.24) is 9.55 Å². The largest absolute Gasteiger partial charge is 0.397 e. The van der Waals surface area contributed by atoms with Crippen LogP contribution in [0.15, 0.2) is 42.5 Å². The molecule has 3 nitrogen and oxygen atoms in total. The molecule has 0 atom stereocenters. The third kappa shape index (κ3) is 2.71. The number of nitrogens with two attached hydrogens (primary N) is 1. The maximum Gasteiger partial charge on any atom is 0.141 e. The van der Waals surface area contributed by atoms with Gasteiger partial charge in [0.05, 0.1) is 11.2 Å². The Morgan fingerprint density at radius 2 is 1.91 bits per heavy atom. The van der Waals surface area contributed by atoms with Crippen molar-refractivity contribution >= 4 is 16.7 Å². The van der Waals surface area contributed by atoms with Gasteiger partial charge in [-0.15, -0.1) is 0 Å². The van der Waals surface area contributed by atoms with Crippen molar-refractivity contribution < 1.29 is 0 Å². The van der Waals surface area contributed by atoms with Crippen LogP contribution in [-0.4, -0.2) is 9.55 Å². The summed E-state index contributed by atoms with van der Waals surface area (Å²) in [5.74, 6) is 1.02. The average molecular weight is 293 g/mol. The molecule has 3 aromatic rings. The molecule has 0 saturated carbocycles. The Labute approximate surface area is 131 Å². The minimum Gasteiger partial charge on any atom is -0.397 e. The van der Waals surface area contributed by atoms with Gasteiger partial charge >= 0.3 is 0 Å². The molecular formula is C19H23N3. The first kappa shape index (κ1) is 14.6. The number of hydrogen-bond donors (Lipinski definition) is 1. The van der Waals surface area contributed by atoms with E-state index in [9.17, 15) is 0 Å². The topological polar surface area (TPSA) is 43.8 Å². The van der Waals surface area contributed by atoms with E-state index < -0.39 is 0 Å². The Bertz CT molecular complexity index is 786. The summed E-state index contributed by atoms with van der Waals surface area (Å²) in [6.45, 7) is 5.32. The van der Waals surface area contributed by atoms with Gasteiger partial charge in [0, 0.05) is 12.1 Å². The van der Waals surface area contributed by atoms with Crippen LogP contribution in [0.1, 0.15) is 31.7 Å². The van der Waals surface area contributed by atoms with Gasteiger partial charge in [0.15, 0.2) is 0 Å². The lowest BCUT2D eigenvalue weighted by Gasteiger charge is -2.09. The zero-order valence-corrected chi connectivity index (χ0v) is 13.3. The quantitative estimate of drug-likeness (QED) is 0.543. The van der Waals surface area contributed by atoms with E-state index >= 15 is 0 Å². The number of fused-ring (bicyclic) bond motifs is 1. The zero-order valence-electron chi connectivity index (χ0n) is 13.3. The van der Waals surface area contributed by atoms with Crippen molar-refractivity contribution in [3.8, 4) is 11.4 Å². The van der Waals surface area contributed by atoms with Crippen LogP contribution >= 0.6 is 0 Å². The van der Waals surface area contributed by atoms with Crippen molar-refractivity contribution in [2.24, 2.45) is 0 Å². The van der Waals surface area contributed by atoms with E-state index in [4.69, 9.17) is 10.7 Å². The molecule has 0 bridgehead atoms. The number of nitrogen functional groups attached to an aromatic ring is 1. The fourth-order valence-corrected chi connectivity index (χ4v) is 2.92. The molecule has 22 heavy (non-hydrogen) atoms. The summed E-state index contributed by atoms with van der Waals surface area (Å²) in [7, 11) is 0. The third-order valence-corrected chi connectivity index (χ3v) is 4.07. The molecule has 1 aromatic heterocycles. The van der Waals surface area contributed by atoms with Crippen LogP contribution in [0.25, 0.3) is 22.4 Å². The van der Waals surface area contributed by atoms with Gasteiger partial charge in [-0.05, 0) is 31.5 Å². The van der Waals surface area contributed by atoms with Crippen LogP contribution in [0.2, 0.25) is 0 Å². The molecule has 2 aromatic carbocycles. The molecule has 3 heteroatoms. The van der Waals surface area contributed by atoms with Crippen molar-refractivity contribution in [2.45, 2.75) is 39.7 Å². The molecule has 114 valence electrons. The van der Waals surface area contributed by atoms with Gasteiger partial charge in [-0.3, -0.25) is 0 Å². The molecule has 0 fully saturated rings. The van der Waals surface area contributed by atoms with Crippen molar-refractivity contribution in [1.29, 1.82) is 0 Å². The van der Waals surface area contributed by atoms with Crippen LogP contribution in [0, 0.1) is 6.92 Å². The predicted octanol–water partition coefficient (Wildman–Crippen LogP) is 4.78. The lowest BCUT2D eigenvalue weighted by molar-refractivity contribution is 0.617. The summed E-state index contributed by atoms with van der Waals surface area (Å²) in [4.78, 5) is 4.84. The van der Waals surface area contributed by atoms with Crippen molar-refractivity contribution in [3.05, 3.63) is 48.0 Å². The highest BCUT2D eigenvalue weighted by Crippen LogP contribution is 2.28. The maximum absolute atomic E-state index is 6.13. The summed E-state index contributed by atoms with van der Waals surface area (Å²) in [5, 5.41) is 0. The van der Waals surface area contributed by atoms with Gasteiger partial charge in [0.1, 0.15) is 11.3 Å². The van der Waals surface area contributed by atoms with Gasteiger partial charge in [0.2, 0.25) is 0 Å². The van der Waals surface area contributed by atoms with Crippen LogP contribution in [-0.2, 0) is 6.54 Å². The third-order valence-electron chi connectivity index (χ3n) is 4.07. The highest BCUT2D eigenvalue weighted by atomic mass is 15.1. The van der Waals surface area contributed by atoms with Gasteiger partial charge in [0.25, 0.3) is 0 Å². The number of benzene rings is 2. The molecular weight excluding hydrogens is 270 g/mol. The van der Waals surface area contributed by atoms with Crippen LogP contribution < -0.4 is 5.73 Å². The lowest BCUT2D eigenvalue weighted by Crippen LogP contribution is -2.01. The minimum atomic E-state index is 0.751. The number of para-hydroxylation sites is 1. The summed E-state index contributed by atoms with van der Waals surface area (Å²) in [6.07, 6.45) is 3.61. The second kappa shape index (κ2) is 6.22. The number of imidazole rings is 1. The van der Waals surface area contributed by atoms with Crippen molar-refractivity contribution in [3.63, 3.8) is 0 Å². The van der Waals surface area contributed by atoms with Crippen LogP contribution in [0.3, 0.4) is 0 Å². The maximum atomic E-state index is 6.13. The van der Waals surface area contributed by atoms with Gasteiger partial charge < -0.3 is 10.3 Å². The lowest BCUT2D eigenvalue weighted by atomic mass is 10.1. The number of rotatable bonds is 5. The molecule has 1 heterocycles. The highest BCUT2D eigenvalue weighted by molar-refractivity contribution is 5.90. The normalized spacial score (nSPS) is 11.2. The average Bonchev–Trinajstić information content (AvgIpc) is 2.88. The van der Waals surface area contributed by atoms with E-state index in [0.29, 0.717) is 0 Å². The number of aromatic nitrogens is 2.